The summed E-state index contributed by atoms with van der Waals surface area (Å²) in [5.74, 6) is -0.270. The molecule has 4 nitrogen and oxygen atoms in total. The molecule has 1 aliphatic carbocycles. The average Bonchev–Trinajstić information content (AvgIpc) is 2.45. The van der Waals surface area contributed by atoms with Crippen LogP contribution in [-0.2, 0) is 9.53 Å². The Morgan fingerprint density at radius 3 is 2.57 bits per heavy atom. The van der Waals surface area contributed by atoms with Gasteiger partial charge in [0.15, 0.2) is 12.0 Å². The van der Waals surface area contributed by atoms with E-state index in [1.54, 1.807) is 12.1 Å². The number of carbonyl (C=O) groups is 1. The van der Waals surface area contributed by atoms with Crippen molar-refractivity contribution in [1.29, 1.82) is 5.26 Å². The molecule has 2 aliphatic rings. The maximum atomic E-state index is 12.7. The van der Waals surface area contributed by atoms with Crippen LogP contribution in [0.25, 0.3) is 0 Å². The number of halogens is 1. The third kappa shape index (κ3) is 2.87. The summed E-state index contributed by atoms with van der Waals surface area (Å²) in [5, 5.41) is 10.2. The fourth-order valence-electron chi connectivity index (χ4n) is 3.53. The van der Waals surface area contributed by atoms with Crippen LogP contribution in [0.1, 0.15) is 38.2 Å². The molecule has 1 aromatic carbocycles. The molecule has 0 radical (unpaired) electrons. The van der Waals surface area contributed by atoms with Gasteiger partial charge in [-0.25, -0.2) is 0 Å². The highest BCUT2D eigenvalue weighted by molar-refractivity contribution is 6.30. The fraction of sp³-hybridized carbons (Fsp3) is 0.444. The summed E-state index contributed by atoms with van der Waals surface area (Å²) in [6, 6.07) is 9.47. The van der Waals surface area contributed by atoms with Crippen LogP contribution in [0.2, 0.25) is 5.02 Å². The molecule has 1 heterocycles. The Labute approximate surface area is 140 Å². The van der Waals surface area contributed by atoms with E-state index in [1.165, 1.54) is 0 Å². The van der Waals surface area contributed by atoms with E-state index in [0.29, 0.717) is 29.2 Å². The van der Waals surface area contributed by atoms with Gasteiger partial charge in [0.1, 0.15) is 11.7 Å². The van der Waals surface area contributed by atoms with Crippen molar-refractivity contribution in [2.45, 2.75) is 38.8 Å². The lowest BCUT2D eigenvalue weighted by atomic mass is 9.68. The Morgan fingerprint density at radius 1 is 1.30 bits per heavy atom. The Balaban J connectivity index is 2.14. The van der Waals surface area contributed by atoms with E-state index >= 15 is 0 Å². The highest BCUT2D eigenvalue weighted by Gasteiger charge is 2.46. The summed E-state index contributed by atoms with van der Waals surface area (Å²) in [7, 11) is 0. The molecule has 0 aromatic heterocycles. The molecule has 0 saturated heterocycles. The van der Waals surface area contributed by atoms with Gasteiger partial charge in [-0.1, -0.05) is 37.6 Å². The van der Waals surface area contributed by atoms with E-state index in [0.717, 1.165) is 5.56 Å². The number of rotatable bonds is 1. The Bertz CT molecular complexity index is 716. The van der Waals surface area contributed by atoms with Crippen molar-refractivity contribution in [2.75, 3.05) is 0 Å². The molecule has 0 fully saturated rings. The largest absolute Gasteiger partial charge is 0.478 e. The molecule has 3 rings (SSSR count). The molecular weight excluding hydrogens is 312 g/mol. The van der Waals surface area contributed by atoms with Gasteiger partial charge in [-0.3, -0.25) is 10.5 Å². The van der Waals surface area contributed by atoms with Crippen molar-refractivity contribution in [3.63, 3.8) is 0 Å². The number of ketones is 1. The summed E-state index contributed by atoms with van der Waals surface area (Å²) >= 11 is 5.96. The minimum atomic E-state index is -0.735. The first-order chi connectivity index (χ1) is 10.8. The molecule has 23 heavy (non-hydrogen) atoms. The zero-order valence-electron chi connectivity index (χ0n) is 13.2. The monoisotopic (exact) mass is 330 g/mol. The minimum absolute atomic E-state index is 0.0448. The molecular formula is C18H19ClN2O2. The highest BCUT2D eigenvalue weighted by Crippen LogP contribution is 2.48. The smallest absolute Gasteiger partial charge is 0.164 e. The number of carbonyl (C=O) groups excluding carboxylic acids is 1. The number of nitriles is 1. The van der Waals surface area contributed by atoms with Crippen LogP contribution in [0.4, 0.5) is 0 Å². The predicted octanol–water partition coefficient (Wildman–Crippen LogP) is 3.52. The summed E-state index contributed by atoms with van der Waals surface area (Å²) < 4.78 is 5.76. The third-order valence-corrected chi connectivity index (χ3v) is 4.81. The Morgan fingerprint density at radius 2 is 1.96 bits per heavy atom. The highest BCUT2D eigenvalue weighted by atomic mass is 35.5. The number of nitrogens with zero attached hydrogens (tertiary/aromatic N) is 1. The zero-order valence-corrected chi connectivity index (χ0v) is 13.9. The van der Waals surface area contributed by atoms with Crippen LogP contribution in [-0.4, -0.2) is 12.0 Å². The van der Waals surface area contributed by atoms with Crippen molar-refractivity contribution in [1.82, 2.24) is 0 Å². The Kier molecular flexibility index (Phi) is 3.95. The molecule has 2 N–H and O–H groups in total. The van der Waals surface area contributed by atoms with Crippen molar-refractivity contribution in [3.05, 3.63) is 46.2 Å². The lowest BCUT2D eigenvalue weighted by Crippen LogP contribution is -2.44. The molecule has 1 aliphatic heterocycles. The molecule has 0 unspecified atom stereocenters. The molecule has 0 amide bonds. The summed E-state index contributed by atoms with van der Waals surface area (Å²) in [6.45, 7) is 4.08. The maximum Gasteiger partial charge on any atom is 0.164 e. The number of allylic oxidation sites excluding steroid dienone is 2. The first-order valence-corrected chi connectivity index (χ1v) is 8.04. The van der Waals surface area contributed by atoms with E-state index in [4.69, 9.17) is 22.1 Å². The number of hydrogen-bond acceptors (Lipinski definition) is 4. The fourth-order valence-corrected chi connectivity index (χ4v) is 3.65. The van der Waals surface area contributed by atoms with Gasteiger partial charge in [0.25, 0.3) is 0 Å². The van der Waals surface area contributed by atoms with Gasteiger partial charge < -0.3 is 4.74 Å². The third-order valence-electron chi connectivity index (χ3n) is 4.56. The van der Waals surface area contributed by atoms with Crippen LogP contribution in [0, 0.1) is 22.7 Å². The lowest BCUT2D eigenvalue weighted by molar-refractivity contribution is -0.120. The first-order valence-electron chi connectivity index (χ1n) is 7.66. The molecule has 120 valence electrons. The Hall–Kier alpha value is -1.83. The van der Waals surface area contributed by atoms with Gasteiger partial charge in [0, 0.05) is 29.4 Å². The predicted molar refractivity (Wildman–Crippen MR) is 87.4 cm³/mol. The van der Waals surface area contributed by atoms with Gasteiger partial charge in [-0.05, 0) is 23.1 Å². The number of Topliss-reactive ketones (excluding diaryl/α,β-unsaturated/α-hetero) is 1. The van der Waals surface area contributed by atoms with Crippen LogP contribution < -0.4 is 5.73 Å². The minimum Gasteiger partial charge on any atom is -0.478 e. The van der Waals surface area contributed by atoms with Gasteiger partial charge in [-0.2, -0.15) is 5.26 Å². The number of benzene rings is 1. The normalized spacial score (nSPS) is 29.5. The molecule has 0 spiro atoms. The number of ether oxygens (including phenoxy) is 1. The average molecular weight is 331 g/mol. The summed E-state index contributed by atoms with van der Waals surface area (Å²) in [5.41, 5.74) is 7.41. The second-order valence-corrected chi connectivity index (χ2v) is 7.48. The van der Waals surface area contributed by atoms with E-state index in [9.17, 15) is 10.1 Å². The summed E-state index contributed by atoms with van der Waals surface area (Å²) in [4.78, 5) is 12.7. The van der Waals surface area contributed by atoms with E-state index < -0.39 is 12.1 Å². The maximum absolute atomic E-state index is 12.7. The van der Waals surface area contributed by atoms with Gasteiger partial charge >= 0.3 is 0 Å². The quantitative estimate of drug-likeness (QED) is 0.854. The van der Waals surface area contributed by atoms with E-state index in [-0.39, 0.29) is 17.1 Å². The van der Waals surface area contributed by atoms with Crippen LogP contribution >= 0.6 is 11.6 Å². The molecule has 1 aromatic rings. The first kappa shape index (κ1) is 16.0. The standard InChI is InChI=1S/C18H19ClN2O2/c1-18(2)7-13(22)16-14(8-18)23-17(21)12(9-20)15(16)10-3-5-11(19)6-4-10/h3-6,12,15,17H,7-8,21H2,1-2H3/t12-,15-,17-/m0/s1. The van der Waals surface area contributed by atoms with E-state index in [2.05, 4.69) is 6.07 Å². The topological polar surface area (TPSA) is 76.1 Å². The zero-order chi connectivity index (χ0) is 16.8. The summed E-state index contributed by atoms with van der Waals surface area (Å²) in [6.07, 6.45) is 0.373. The van der Waals surface area contributed by atoms with Crippen LogP contribution in [0.3, 0.4) is 0 Å². The molecule has 3 atom stereocenters. The second kappa shape index (κ2) is 5.67. The van der Waals surface area contributed by atoms with Crippen LogP contribution in [0.5, 0.6) is 0 Å². The van der Waals surface area contributed by atoms with Gasteiger partial charge in [-0.15, -0.1) is 0 Å². The van der Waals surface area contributed by atoms with Gasteiger partial charge in [0.2, 0.25) is 0 Å². The van der Waals surface area contributed by atoms with Crippen molar-refractivity contribution < 1.29 is 9.53 Å². The molecule has 0 saturated carbocycles. The number of hydrogen-bond donors (Lipinski definition) is 1. The van der Waals surface area contributed by atoms with Gasteiger partial charge in [0.05, 0.1) is 6.07 Å². The van der Waals surface area contributed by atoms with Crippen molar-refractivity contribution >= 4 is 17.4 Å². The lowest BCUT2D eigenvalue weighted by Gasteiger charge is -2.41. The van der Waals surface area contributed by atoms with Crippen LogP contribution in [0.15, 0.2) is 35.6 Å². The number of nitrogens with two attached hydrogens (primary N) is 1. The molecule has 0 bridgehead atoms. The van der Waals surface area contributed by atoms with E-state index in [1.807, 2.05) is 26.0 Å². The SMILES string of the molecule is CC1(C)CC(=O)C2=C(C1)O[C@H](N)[C@@H](C#N)[C@@H]2c1ccc(Cl)cc1. The van der Waals surface area contributed by atoms with Crippen molar-refractivity contribution in [3.8, 4) is 6.07 Å². The van der Waals surface area contributed by atoms with Crippen molar-refractivity contribution in [2.24, 2.45) is 17.1 Å². The molecule has 5 heteroatoms. The second-order valence-electron chi connectivity index (χ2n) is 7.04.